The number of para-hydroxylation sites is 2. The highest BCUT2D eigenvalue weighted by Gasteiger charge is 2.32. The van der Waals surface area contributed by atoms with Gasteiger partial charge in [0.05, 0.1) is 17.6 Å². The first kappa shape index (κ1) is 22.9. The average molecular weight is 463 g/mol. The number of nitrogens with one attached hydrogen (secondary N) is 1. The number of amides is 1. The molecule has 2 aromatic carbocycles. The quantitative estimate of drug-likeness (QED) is 0.554. The number of hydrogen-bond donors (Lipinski definition) is 1. The van der Waals surface area contributed by atoms with E-state index in [9.17, 15) is 9.18 Å². The van der Waals surface area contributed by atoms with Crippen LogP contribution >= 0.6 is 0 Å². The van der Waals surface area contributed by atoms with Gasteiger partial charge in [-0.3, -0.25) is 4.79 Å². The Morgan fingerprint density at radius 2 is 1.76 bits per heavy atom. The monoisotopic (exact) mass is 462 g/mol. The first-order valence-electron chi connectivity index (χ1n) is 12.7. The summed E-state index contributed by atoms with van der Waals surface area (Å²) in [4.78, 5) is 20.2. The van der Waals surface area contributed by atoms with Gasteiger partial charge in [0.2, 0.25) is 11.9 Å². The summed E-state index contributed by atoms with van der Waals surface area (Å²) in [5.74, 6) is 2.13. The van der Waals surface area contributed by atoms with Crippen molar-refractivity contribution in [2.24, 2.45) is 17.8 Å². The van der Waals surface area contributed by atoms with Gasteiger partial charge in [0.15, 0.2) is 0 Å². The van der Waals surface area contributed by atoms with Gasteiger partial charge in [0, 0.05) is 30.6 Å². The molecule has 34 heavy (non-hydrogen) atoms. The number of nitrogens with zero attached hydrogens (tertiary/aromatic N) is 3. The second kappa shape index (κ2) is 9.77. The maximum absolute atomic E-state index is 14.4. The van der Waals surface area contributed by atoms with Gasteiger partial charge in [-0.15, -0.1) is 0 Å². The number of rotatable bonds is 5. The third-order valence-corrected chi connectivity index (χ3v) is 8.10. The molecule has 3 atom stereocenters. The molecule has 180 valence electrons. The molecular formula is C28H35FN4O. The van der Waals surface area contributed by atoms with Crippen molar-refractivity contribution in [2.45, 2.75) is 58.5 Å². The minimum absolute atomic E-state index is 0.0464. The molecule has 1 aromatic heterocycles. The Bertz CT molecular complexity index is 1150. The summed E-state index contributed by atoms with van der Waals surface area (Å²) in [6.07, 6.45) is 5.18. The van der Waals surface area contributed by atoms with E-state index in [2.05, 4.69) is 28.6 Å². The van der Waals surface area contributed by atoms with Gasteiger partial charge in [-0.05, 0) is 49.3 Å². The summed E-state index contributed by atoms with van der Waals surface area (Å²) in [6.45, 7) is 6.55. The van der Waals surface area contributed by atoms with Crippen molar-refractivity contribution in [3.8, 4) is 0 Å². The SMILES string of the molecule is CC1CCCC(NC(=O)C2CCN(c3nc4ccccc4n3Cc3ccccc3F)CC2)C1C. The highest BCUT2D eigenvalue weighted by Crippen LogP contribution is 2.31. The van der Waals surface area contributed by atoms with E-state index in [0.717, 1.165) is 49.3 Å². The van der Waals surface area contributed by atoms with E-state index in [1.165, 1.54) is 18.9 Å². The largest absolute Gasteiger partial charge is 0.353 e. The number of fused-ring (bicyclic) bond motifs is 1. The van der Waals surface area contributed by atoms with Crippen LogP contribution in [0.5, 0.6) is 0 Å². The van der Waals surface area contributed by atoms with E-state index in [1.54, 1.807) is 6.07 Å². The second-order valence-electron chi connectivity index (χ2n) is 10.2. The third kappa shape index (κ3) is 4.55. The molecule has 1 aliphatic carbocycles. The maximum Gasteiger partial charge on any atom is 0.223 e. The lowest BCUT2D eigenvalue weighted by atomic mass is 9.78. The molecule has 1 saturated heterocycles. The summed E-state index contributed by atoms with van der Waals surface area (Å²) in [7, 11) is 0. The zero-order chi connectivity index (χ0) is 23.7. The van der Waals surface area contributed by atoms with Crippen LogP contribution < -0.4 is 10.2 Å². The lowest BCUT2D eigenvalue weighted by Gasteiger charge is -2.37. The van der Waals surface area contributed by atoms with Crippen molar-refractivity contribution in [1.29, 1.82) is 0 Å². The molecule has 5 rings (SSSR count). The highest BCUT2D eigenvalue weighted by atomic mass is 19.1. The lowest BCUT2D eigenvalue weighted by molar-refractivity contribution is -0.127. The van der Waals surface area contributed by atoms with Crippen LogP contribution in [0.3, 0.4) is 0 Å². The first-order chi connectivity index (χ1) is 16.5. The number of imidazole rings is 1. The van der Waals surface area contributed by atoms with Crippen LogP contribution in [0.15, 0.2) is 48.5 Å². The maximum atomic E-state index is 14.4. The fourth-order valence-corrected chi connectivity index (χ4v) is 5.69. The van der Waals surface area contributed by atoms with E-state index < -0.39 is 0 Å². The van der Waals surface area contributed by atoms with Gasteiger partial charge in [-0.25, -0.2) is 9.37 Å². The van der Waals surface area contributed by atoms with E-state index in [-0.39, 0.29) is 17.6 Å². The molecule has 3 aromatic rings. The van der Waals surface area contributed by atoms with Gasteiger partial charge in [0.1, 0.15) is 5.82 Å². The van der Waals surface area contributed by atoms with Crippen LogP contribution in [-0.4, -0.2) is 34.6 Å². The van der Waals surface area contributed by atoms with Crippen molar-refractivity contribution in [1.82, 2.24) is 14.9 Å². The molecule has 1 amide bonds. The van der Waals surface area contributed by atoms with Crippen molar-refractivity contribution in [2.75, 3.05) is 18.0 Å². The molecule has 0 bridgehead atoms. The van der Waals surface area contributed by atoms with Crippen LogP contribution in [0.4, 0.5) is 10.3 Å². The number of halogens is 1. The Hall–Kier alpha value is -2.89. The third-order valence-electron chi connectivity index (χ3n) is 8.10. The summed E-state index contributed by atoms with van der Waals surface area (Å²) in [5.41, 5.74) is 2.56. The van der Waals surface area contributed by atoms with Crippen LogP contribution in [0, 0.1) is 23.6 Å². The van der Waals surface area contributed by atoms with Crippen molar-refractivity contribution < 1.29 is 9.18 Å². The summed E-state index contributed by atoms with van der Waals surface area (Å²) >= 11 is 0. The number of anilines is 1. The number of aromatic nitrogens is 2. The van der Waals surface area contributed by atoms with Crippen LogP contribution in [0.2, 0.25) is 0 Å². The molecule has 0 radical (unpaired) electrons. The highest BCUT2D eigenvalue weighted by molar-refractivity contribution is 5.80. The van der Waals surface area contributed by atoms with E-state index in [0.29, 0.717) is 30.0 Å². The minimum Gasteiger partial charge on any atom is -0.353 e. The van der Waals surface area contributed by atoms with E-state index in [1.807, 2.05) is 36.4 Å². The molecule has 0 spiro atoms. The number of hydrogen-bond acceptors (Lipinski definition) is 3. The van der Waals surface area contributed by atoms with Gasteiger partial charge >= 0.3 is 0 Å². The molecule has 1 saturated carbocycles. The van der Waals surface area contributed by atoms with E-state index >= 15 is 0 Å². The zero-order valence-corrected chi connectivity index (χ0v) is 20.2. The zero-order valence-electron chi connectivity index (χ0n) is 20.2. The Labute approximate surface area is 201 Å². The summed E-state index contributed by atoms with van der Waals surface area (Å²) < 4.78 is 16.6. The first-order valence-corrected chi connectivity index (χ1v) is 12.7. The topological polar surface area (TPSA) is 50.2 Å². The van der Waals surface area contributed by atoms with Crippen LogP contribution in [0.1, 0.15) is 51.5 Å². The van der Waals surface area contributed by atoms with Crippen molar-refractivity contribution in [3.63, 3.8) is 0 Å². The van der Waals surface area contributed by atoms with Crippen molar-refractivity contribution in [3.05, 3.63) is 59.9 Å². The standard InChI is InChI=1S/C28H35FN4O/c1-19-8-7-12-24(20(19)2)30-27(34)21-14-16-32(17-15-21)28-31-25-11-5-6-13-26(25)33(28)18-22-9-3-4-10-23(22)29/h3-6,9-11,13,19-21,24H,7-8,12,14-18H2,1-2H3,(H,30,34). The summed E-state index contributed by atoms with van der Waals surface area (Å²) in [5, 5.41) is 3.38. The molecule has 2 fully saturated rings. The Balaban J connectivity index is 1.30. The van der Waals surface area contributed by atoms with Gasteiger partial charge in [-0.1, -0.05) is 57.0 Å². The van der Waals surface area contributed by atoms with Gasteiger partial charge in [0.25, 0.3) is 0 Å². The number of benzene rings is 2. The normalized spacial score (nSPS) is 23.9. The molecular weight excluding hydrogens is 427 g/mol. The Morgan fingerprint density at radius 1 is 1.03 bits per heavy atom. The molecule has 1 aliphatic heterocycles. The minimum atomic E-state index is -0.201. The van der Waals surface area contributed by atoms with E-state index in [4.69, 9.17) is 4.98 Å². The number of carbonyl (C=O) groups is 1. The van der Waals surface area contributed by atoms with Gasteiger partial charge < -0.3 is 14.8 Å². The molecule has 2 heterocycles. The summed E-state index contributed by atoms with van der Waals surface area (Å²) in [6, 6.07) is 15.3. The number of carbonyl (C=O) groups excluding carboxylic acids is 1. The predicted octanol–water partition coefficient (Wildman–Crippen LogP) is 5.38. The van der Waals surface area contributed by atoms with Crippen LogP contribution in [0.25, 0.3) is 11.0 Å². The average Bonchev–Trinajstić information content (AvgIpc) is 3.22. The fourth-order valence-electron chi connectivity index (χ4n) is 5.69. The smallest absolute Gasteiger partial charge is 0.223 e. The Kier molecular flexibility index (Phi) is 6.57. The molecule has 6 heteroatoms. The molecule has 2 aliphatic rings. The lowest BCUT2D eigenvalue weighted by Crippen LogP contribution is -2.48. The fraction of sp³-hybridized carbons (Fsp3) is 0.500. The Morgan fingerprint density at radius 3 is 2.56 bits per heavy atom. The molecule has 5 nitrogen and oxygen atoms in total. The van der Waals surface area contributed by atoms with Gasteiger partial charge in [-0.2, -0.15) is 0 Å². The van der Waals surface area contributed by atoms with Crippen molar-refractivity contribution >= 4 is 22.9 Å². The second-order valence-corrected chi connectivity index (χ2v) is 10.2. The predicted molar refractivity (Wildman–Crippen MR) is 134 cm³/mol. The number of piperidine rings is 1. The van der Waals surface area contributed by atoms with Crippen LogP contribution in [-0.2, 0) is 11.3 Å². The molecule has 3 unspecified atom stereocenters. The molecule has 1 N–H and O–H groups in total.